The van der Waals surface area contributed by atoms with Gasteiger partial charge in [0.25, 0.3) is 15.9 Å². The normalized spacial score (nSPS) is 14.5. The molecule has 8 aromatic heterocycles. The van der Waals surface area contributed by atoms with Gasteiger partial charge in [0.2, 0.25) is 29.2 Å². The predicted octanol–water partition coefficient (Wildman–Crippen LogP) is 18.4. The number of nitrogens with one attached hydrogen (secondary N) is 6. The minimum absolute atomic E-state index is 0.00333. The molecule has 6 aromatic carbocycles. The van der Waals surface area contributed by atoms with E-state index in [1.54, 1.807) is 38.8 Å². The summed E-state index contributed by atoms with van der Waals surface area (Å²) in [7, 11) is -7.19. The summed E-state index contributed by atoms with van der Waals surface area (Å²) < 4.78 is 193. The molecule has 5 aliphatic carbocycles. The zero-order valence-electron chi connectivity index (χ0n) is 78.4. The van der Waals surface area contributed by atoms with Crippen LogP contribution < -0.4 is 51.3 Å². The minimum atomic E-state index is -4.77. The number of rotatable bonds is 40. The molecule has 143 heavy (non-hydrogen) atoms. The Labute approximate surface area is 818 Å². The number of pyridine rings is 1. The minimum Gasteiger partial charge on any atom is -0.369 e. The predicted molar refractivity (Wildman–Crippen MR) is 523 cm³/mol. The number of alkyl halides is 7. The lowest BCUT2D eigenvalue weighted by Crippen LogP contribution is -2.29. The molecule has 1 amide bonds. The molecule has 19 rings (SSSR count). The number of nitrogens with two attached hydrogens (primary N) is 1. The molecule has 0 aliphatic heterocycles. The van der Waals surface area contributed by atoms with Crippen LogP contribution in [-0.2, 0) is 102 Å². The Bertz CT molecular complexity index is 6870. The Morgan fingerprint density at radius 1 is 0.497 bits per heavy atom. The van der Waals surface area contributed by atoms with E-state index in [9.17, 15) is 48.2 Å². The Balaban J connectivity index is 0.000000137. The van der Waals surface area contributed by atoms with Crippen LogP contribution in [0.4, 0.5) is 101 Å². The lowest BCUT2D eigenvalue weighted by molar-refractivity contribution is -0.137. The maximum atomic E-state index is 15.6. The van der Waals surface area contributed by atoms with E-state index < -0.39 is 66.2 Å². The summed E-state index contributed by atoms with van der Waals surface area (Å²) in [4.78, 5) is 56.1. The molecule has 5 fully saturated rings. The molecular formula is C100H105F11N26O4S2. The van der Waals surface area contributed by atoms with E-state index in [2.05, 4.69) is 156 Å². The first-order valence-electron chi connectivity index (χ1n) is 46.4. The third-order valence-corrected chi connectivity index (χ3v) is 26.2. The van der Waals surface area contributed by atoms with E-state index in [1.165, 1.54) is 99.1 Å². The number of carbonyl (C=O) groups is 1. The number of hydrogen-bond donors (Lipinski definition) is 7. The number of tetrazole rings is 1. The highest BCUT2D eigenvalue weighted by molar-refractivity contribution is 7.99. The fourth-order valence-corrected chi connectivity index (χ4v) is 16.9. The quantitative estimate of drug-likeness (QED) is 0.0138. The van der Waals surface area contributed by atoms with Gasteiger partial charge in [0, 0.05) is 147 Å². The average Bonchev–Trinajstić information content (AvgIpc) is 1.80. The highest BCUT2D eigenvalue weighted by Crippen LogP contribution is 2.44. The summed E-state index contributed by atoms with van der Waals surface area (Å²) in [5.41, 5.74) is 15.4. The van der Waals surface area contributed by atoms with Crippen LogP contribution in [-0.4, -0.2) is 140 Å². The van der Waals surface area contributed by atoms with Crippen LogP contribution in [0.15, 0.2) is 225 Å². The van der Waals surface area contributed by atoms with Crippen molar-refractivity contribution >= 4 is 83.6 Å². The van der Waals surface area contributed by atoms with Crippen molar-refractivity contribution in [2.24, 2.45) is 5.73 Å². The number of anilines is 9. The van der Waals surface area contributed by atoms with Crippen molar-refractivity contribution in [1.29, 1.82) is 0 Å². The number of sulfonamides is 1. The Morgan fingerprint density at radius 2 is 0.881 bits per heavy atom. The van der Waals surface area contributed by atoms with Crippen molar-refractivity contribution in [3.63, 3.8) is 0 Å². The molecule has 0 spiro atoms. The second kappa shape index (κ2) is 44.6. The maximum Gasteiger partial charge on any atom is 0.416 e. The van der Waals surface area contributed by atoms with Crippen LogP contribution >= 0.6 is 0 Å². The number of amides is 1. The van der Waals surface area contributed by atoms with Crippen LogP contribution in [0, 0.1) is 23.3 Å². The van der Waals surface area contributed by atoms with Gasteiger partial charge in [0.1, 0.15) is 30.3 Å². The van der Waals surface area contributed by atoms with Gasteiger partial charge >= 0.3 is 11.9 Å². The Kier molecular flexibility index (Phi) is 31.5. The molecular weight excluding hydrogens is 1900 g/mol. The summed E-state index contributed by atoms with van der Waals surface area (Å²) in [6, 6.07) is 50.6. The van der Waals surface area contributed by atoms with Gasteiger partial charge in [-0.05, 0) is 195 Å². The fraction of sp³-hybridized carbons (Fsp3) is 0.330. The van der Waals surface area contributed by atoms with Gasteiger partial charge < -0.3 is 51.2 Å². The van der Waals surface area contributed by atoms with Gasteiger partial charge in [-0.3, -0.25) is 18.4 Å². The van der Waals surface area contributed by atoms with Crippen molar-refractivity contribution in [3.8, 4) is 5.69 Å². The molecule has 8 N–H and O–H groups in total. The molecule has 0 bridgehead atoms. The number of aromatic amines is 1. The lowest BCUT2D eigenvalue weighted by Gasteiger charge is -2.25. The Hall–Kier alpha value is -14.8. The Morgan fingerprint density at radius 3 is 1.24 bits per heavy atom. The second-order valence-electron chi connectivity index (χ2n) is 36.1. The monoisotopic (exact) mass is 2010 g/mol. The van der Waals surface area contributed by atoms with Gasteiger partial charge in [-0.2, -0.15) is 49.8 Å². The van der Waals surface area contributed by atoms with Crippen molar-refractivity contribution in [3.05, 3.63) is 322 Å². The number of primary amides is 1. The van der Waals surface area contributed by atoms with E-state index in [4.69, 9.17) is 10.8 Å². The van der Waals surface area contributed by atoms with E-state index in [0.717, 1.165) is 126 Å². The molecule has 1 atom stereocenters. The second-order valence-corrected chi connectivity index (χ2v) is 40.2. The summed E-state index contributed by atoms with van der Waals surface area (Å²) in [6.45, 7) is 7.93. The molecule has 5 aliphatic rings. The fourth-order valence-electron chi connectivity index (χ4n) is 15.7. The summed E-state index contributed by atoms with van der Waals surface area (Å²) in [5, 5.41) is 31.3. The van der Waals surface area contributed by atoms with Crippen LogP contribution in [0.1, 0.15) is 175 Å². The first-order valence-corrected chi connectivity index (χ1v) is 50.1. The number of carbonyl (C=O) groups excluding carboxylic acids is 1. The first-order chi connectivity index (χ1) is 68.6. The zero-order valence-corrected chi connectivity index (χ0v) is 80.0. The summed E-state index contributed by atoms with van der Waals surface area (Å²) in [5.74, 6) is -3.08. The van der Waals surface area contributed by atoms with E-state index in [0.29, 0.717) is 72.1 Å². The van der Waals surface area contributed by atoms with Gasteiger partial charge in [-0.25, -0.2) is 62.1 Å². The van der Waals surface area contributed by atoms with E-state index in [-0.39, 0.29) is 115 Å². The van der Waals surface area contributed by atoms with E-state index in [1.807, 2.05) is 73.1 Å². The highest BCUT2D eigenvalue weighted by atomic mass is 32.2. The standard InChI is InChI=1S/C27H26FN9.C26H32FN7O.C24H24F5N5O2S.C23H23F4N5OS/c28-25-26(29-16-20-5-3-19(4-6-20)15-24-32-34-35-33-24)30-18-31-27(25)37(23-11-12-23)17-21-7-9-22(10-8-21)36-13-1-2-14-36;1-16(2)34-21(12-22(32-34)19-7-8-19)14-33(20-9-10-20)26-24(27)25(30-15-31-26)29-13-18-5-3-17(4-6-18)11-23(28)35;1-24(28,29)17-6-2-16(3-7-17)13-34(19-10-11-19)22-20(25)21(31-14-32-22)30-12-15-4-8-18(9-5-15)33-37(35,36)23(26)27;1-34(2,33)19-10-5-16(11-28-19)12-29-21-20(24)22(31-14-30-21)32(18-8-9-18)13-15-3-6-17(7-4-15)23(25,26)27/h1-10,13-14,18,23H,11-12,15-17H2,(H,29,30,31)(H,32,33,34,35);3-6,12,15-16,19-20H,7-11,13-14H2,1-2H3,(H2,28,35)(H,29,30,31);2-9,14,19,23,33H,10-13H2,1H3,(H,30,31,32);3-7,10-11,14,18H,1,8-9,12-13H2,2H3,(H,29,30,31). The third kappa shape index (κ3) is 27.5. The van der Waals surface area contributed by atoms with E-state index >= 15 is 17.6 Å². The molecule has 748 valence electrons. The molecule has 8 heterocycles. The van der Waals surface area contributed by atoms with Crippen molar-refractivity contribution in [2.75, 3.05) is 51.8 Å². The lowest BCUT2D eigenvalue weighted by atomic mass is 10.1. The van der Waals surface area contributed by atoms with Gasteiger partial charge in [-0.15, -0.1) is 10.2 Å². The van der Waals surface area contributed by atoms with Crippen LogP contribution in [0.25, 0.3) is 5.69 Å². The largest absolute Gasteiger partial charge is 0.416 e. The molecule has 1 unspecified atom stereocenters. The zero-order chi connectivity index (χ0) is 101. The van der Waals surface area contributed by atoms with Crippen molar-refractivity contribution in [2.45, 2.75) is 209 Å². The van der Waals surface area contributed by atoms with Gasteiger partial charge in [0.05, 0.1) is 29.9 Å². The van der Waals surface area contributed by atoms with Crippen molar-refractivity contribution < 1.29 is 65.7 Å². The molecule has 14 aromatic rings. The molecule has 0 radical (unpaired) electrons. The topological polar surface area (TPSA) is 361 Å². The SMILES string of the molecule is C=S(C)(=O)c1ccc(CNc2ncnc(N(Cc3ccc(C(F)(F)F)cc3)C3CC3)c2F)cn1.CC(C)n1nc(C2CC2)cc1CN(c1ncnc(NCc2ccc(CC(N)=O)cc2)c1F)C1CC1.CC(F)(F)c1ccc(CN(c2ncnc(NCc3ccc(NS(=O)(=O)C(F)F)cc3)c2F)C2CC2)cc1.Fc1c(NCc2ccc(Cc3nn[nH]n3)cc2)ncnc1N(Cc1ccc(-n2cccc2)cc1)C1CC1. The molecule has 43 heteroatoms. The number of aromatic nitrogens is 16. The summed E-state index contributed by atoms with van der Waals surface area (Å²) in [6.07, 6.45) is 18.7. The van der Waals surface area contributed by atoms with Crippen LogP contribution in [0.5, 0.6) is 0 Å². The van der Waals surface area contributed by atoms with Gasteiger partial charge in [0.15, 0.2) is 52.4 Å². The number of nitrogens with zero attached hydrogens (tertiary/aromatic N) is 19. The summed E-state index contributed by atoms with van der Waals surface area (Å²) >= 11 is 0. The molecule has 30 nitrogen and oxygen atoms in total. The first kappa shape index (κ1) is 101. The molecule has 0 saturated heterocycles. The van der Waals surface area contributed by atoms with Crippen molar-refractivity contribution in [1.82, 2.24) is 79.8 Å². The number of halogens is 11. The van der Waals surface area contributed by atoms with Crippen LogP contribution in [0.2, 0.25) is 0 Å². The van der Waals surface area contributed by atoms with Crippen LogP contribution in [0.3, 0.4) is 0 Å². The third-order valence-electron chi connectivity index (χ3n) is 24.1. The number of hydrogen-bond acceptors (Lipinski definition) is 25. The smallest absolute Gasteiger partial charge is 0.369 e. The van der Waals surface area contributed by atoms with Gasteiger partial charge in [-0.1, -0.05) is 120 Å². The molecule has 5 saturated carbocycles. The maximum absolute atomic E-state index is 15.6. The average molecular weight is 2010 g/mol. The number of H-pyrrole nitrogens is 1. The highest BCUT2D eigenvalue weighted by Gasteiger charge is 2.39. The number of benzene rings is 6.